The van der Waals surface area contributed by atoms with E-state index >= 15 is 0 Å². The summed E-state index contributed by atoms with van der Waals surface area (Å²) in [7, 11) is 0. The Morgan fingerprint density at radius 1 is 1.43 bits per heavy atom. The molecule has 0 atom stereocenters. The van der Waals surface area contributed by atoms with Crippen LogP contribution >= 0.6 is 0 Å². The highest BCUT2D eigenvalue weighted by molar-refractivity contribution is 5.77. The first-order valence-corrected chi connectivity index (χ1v) is 5.86. The summed E-state index contributed by atoms with van der Waals surface area (Å²) in [5.41, 5.74) is 0.605. The summed E-state index contributed by atoms with van der Waals surface area (Å²) in [4.78, 5) is 24.9. The molecule has 2 rings (SSSR count). The average molecular weight is 283 g/mol. The molecule has 0 saturated carbocycles. The molecule has 0 N–H and O–H groups in total. The summed E-state index contributed by atoms with van der Waals surface area (Å²) >= 11 is 0. The monoisotopic (exact) mass is 283 g/mol. The number of hydrogen-bond acceptors (Lipinski definition) is 6. The number of nitrogens with zero attached hydrogens (tertiary/aromatic N) is 3. The maximum atomic E-state index is 11.0. The SMILES string of the molecule is N#Cc1ncccc1COc1ccc(C=O)cc1[N+](=O)[O-]. The van der Waals surface area contributed by atoms with Crippen molar-refractivity contribution in [3.63, 3.8) is 0 Å². The van der Waals surface area contributed by atoms with Crippen molar-refractivity contribution >= 4 is 12.0 Å². The Morgan fingerprint density at radius 2 is 2.24 bits per heavy atom. The second kappa shape index (κ2) is 6.25. The Balaban J connectivity index is 2.26. The fourth-order valence-corrected chi connectivity index (χ4v) is 1.68. The molecule has 0 fully saturated rings. The molecule has 1 aromatic heterocycles. The van der Waals surface area contributed by atoms with Crippen molar-refractivity contribution in [2.24, 2.45) is 0 Å². The Bertz CT molecular complexity index is 737. The predicted octanol–water partition coefficient (Wildman–Crippen LogP) is 2.25. The molecule has 0 unspecified atom stereocenters. The maximum absolute atomic E-state index is 11.0. The van der Waals surface area contributed by atoms with Gasteiger partial charge >= 0.3 is 5.69 Å². The second-order valence-electron chi connectivity index (χ2n) is 4.01. The lowest BCUT2D eigenvalue weighted by atomic mass is 10.2. The van der Waals surface area contributed by atoms with Gasteiger partial charge in [-0.05, 0) is 18.2 Å². The number of ether oxygens (including phenoxy) is 1. The van der Waals surface area contributed by atoms with Gasteiger partial charge in [-0.2, -0.15) is 5.26 Å². The largest absolute Gasteiger partial charge is 0.482 e. The van der Waals surface area contributed by atoms with Crippen LogP contribution in [0.25, 0.3) is 0 Å². The molecule has 1 heterocycles. The van der Waals surface area contributed by atoms with Gasteiger partial charge in [0.05, 0.1) is 4.92 Å². The van der Waals surface area contributed by atoms with Crippen molar-refractivity contribution in [3.05, 3.63) is 63.5 Å². The molecule has 0 aliphatic carbocycles. The summed E-state index contributed by atoms with van der Waals surface area (Å²) in [5, 5.41) is 19.9. The van der Waals surface area contributed by atoms with Crippen LogP contribution in [-0.4, -0.2) is 16.2 Å². The summed E-state index contributed by atoms with van der Waals surface area (Å²) in [6, 6.07) is 9.12. The van der Waals surface area contributed by atoms with Crippen molar-refractivity contribution in [1.29, 1.82) is 5.26 Å². The van der Waals surface area contributed by atoms with Gasteiger partial charge in [-0.25, -0.2) is 4.98 Å². The third kappa shape index (κ3) is 3.19. The zero-order valence-corrected chi connectivity index (χ0v) is 10.7. The number of benzene rings is 1. The third-order valence-electron chi connectivity index (χ3n) is 2.70. The van der Waals surface area contributed by atoms with E-state index in [0.717, 1.165) is 6.07 Å². The zero-order chi connectivity index (χ0) is 15.2. The standard InChI is InChI=1S/C14H9N3O4/c15-7-12-11(2-1-5-16-12)9-21-14-4-3-10(8-18)6-13(14)17(19)20/h1-6,8H,9H2. The van der Waals surface area contributed by atoms with Gasteiger partial charge in [0.1, 0.15) is 24.7 Å². The summed E-state index contributed by atoms with van der Waals surface area (Å²) in [6.07, 6.45) is 2.00. The summed E-state index contributed by atoms with van der Waals surface area (Å²) < 4.78 is 5.38. The number of pyridine rings is 1. The Labute approximate surface area is 119 Å². The van der Waals surface area contributed by atoms with Crippen LogP contribution in [-0.2, 0) is 6.61 Å². The van der Waals surface area contributed by atoms with Gasteiger partial charge in [-0.15, -0.1) is 0 Å². The molecule has 0 spiro atoms. The molecule has 7 heteroatoms. The van der Waals surface area contributed by atoms with Gasteiger partial charge in [-0.1, -0.05) is 6.07 Å². The van der Waals surface area contributed by atoms with E-state index in [-0.39, 0.29) is 29.3 Å². The van der Waals surface area contributed by atoms with Gasteiger partial charge < -0.3 is 4.74 Å². The highest BCUT2D eigenvalue weighted by Gasteiger charge is 2.16. The van der Waals surface area contributed by atoms with Crippen LogP contribution in [0.2, 0.25) is 0 Å². The fraction of sp³-hybridized carbons (Fsp3) is 0.0714. The third-order valence-corrected chi connectivity index (χ3v) is 2.70. The maximum Gasteiger partial charge on any atom is 0.311 e. The first kappa shape index (κ1) is 14.1. The van der Waals surface area contributed by atoms with Crippen molar-refractivity contribution in [2.75, 3.05) is 0 Å². The highest BCUT2D eigenvalue weighted by atomic mass is 16.6. The van der Waals surface area contributed by atoms with Crippen molar-refractivity contribution in [3.8, 4) is 11.8 Å². The van der Waals surface area contributed by atoms with E-state index in [1.165, 1.54) is 18.3 Å². The smallest absolute Gasteiger partial charge is 0.311 e. The van der Waals surface area contributed by atoms with Crippen molar-refractivity contribution in [1.82, 2.24) is 4.98 Å². The second-order valence-corrected chi connectivity index (χ2v) is 4.01. The number of aldehydes is 1. The fourth-order valence-electron chi connectivity index (χ4n) is 1.68. The number of hydrogen-bond donors (Lipinski definition) is 0. The van der Waals surface area contributed by atoms with E-state index in [1.807, 2.05) is 6.07 Å². The number of carbonyl (C=O) groups is 1. The molecule has 0 aliphatic rings. The van der Waals surface area contributed by atoms with E-state index in [2.05, 4.69) is 4.98 Å². The van der Waals surface area contributed by atoms with Gasteiger partial charge in [0.2, 0.25) is 0 Å². The van der Waals surface area contributed by atoms with E-state index < -0.39 is 4.92 Å². The average Bonchev–Trinajstić information content (AvgIpc) is 2.52. The minimum atomic E-state index is -0.628. The molecule has 0 bridgehead atoms. The predicted molar refractivity (Wildman–Crippen MR) is 71.8 cm³/mol. The van der Waals surface area contributed by atoms with Gasteiger partial charge in [-0.3, -0.25) is 14.9 Å². The molecule has 104 valence electrons. The first-order valence-electron chi connectivity index (χ1n) is 5.86. The van der Waals surface area contributed by atoms with Crippen molar-refractivity contribution in [2.45, 2.75) is 6.61 Å². The molecule has 1 aromatic carbocycles. The number of carbonyl (C=O) groups excluding carboxylic acids is 1. The molecule has 0 amide bonds. The first-order chi connectivity index (χ1) is 10.2. The lowest BCUT2D eigenvalue weighted by Gasteiger charge is -2.07. The Morgan fingerprint density at radius 3 is 2.90 bits per heavy atom. The van der Waals surface area contributed by atoms with Gasteiger partial charge in [0.25, 0.3) is 0 Å². The zero-order valence-electron chi connectivity index (χ0n) is 10.7. The topological polar surface area (TPSA) is 106 Å². The highest BCUT2D eigenvalue weighted by Crippen LogP contribution is 2.28. The molecule has 21 heavy (non-hydrogen) atoms. The lowest BCUT2D eigenvalue weighted by Crippen LogP contribution is -2.02. The minimum absolute atomic E-state index is 0.0262. The van der Waals surface area contributed by atoms with Crippen LogP contribution in [0.5, 0.6) is 5.75 Å². The van der Waals surface area contributed by atoms with Crippen LogP contribution in [0.1, 0.15) is 21.6 Å². The minimum Gasteiger partial charge on any atom is -0.482 e. The van der Waals surface area contributed by atoms with Crippen LogP contribution in [0.15, 0.2) is 36.5 Å². The van der Waals surface area contributed by atoms with Crippen LogP contribution < -0.4 is 4.74 Å². The normalized spacial score (nSPS) is 9.67. The molecule has 0 saturated heterocycles. The number of rotatable bonds is 5. The van der Waals surface area contributed by atoms with E-state index in [1.54, 1.807) is 12.1 Å². The van der Waals surface area contributed by atoms with Crippen LogP contribution in [0.4, 0.5) is 5.69 Å². The number of nitro benzene ring substituents is 1. The molecular formula is C14H9N3O4. The van der Waals surface area contributed by atoms with E-state index in [4.69, 9.17) is 10.00 Å². The lowest BCUT2D eigenvalue weighted by molar-refractivity contribution is -0.386. The Hall–Kier alpha value is -3.27. The van der Waals surface area contributed by atoms with E-state index in [0.29, 0.717) is 11.8 Å². The molecule has 7 nitrogen and oxygen atoms in total. The van der Waals surface area contributed by atoms with Gasteiger partial charge in [0, 0.05) is 23.4 Å². The van der Waals surface area contributed by atoms with Crippen LogP contribution in [0.3, 0.4) is 0 Å². The number of nitro groups is 1. The number of aromatic nitrogens is 1. The van der Waals surface area contributed by atoms with Gasteiger partial charge in [0.15, 0.2) is 5.75 Å². The number of nitriles is 1. The molecule has 0 aliphatic heterocycles. The summed E-state index contributed by atoms with van der Waals surface area (Å²) in [6.45, 7) is -0.0298. The molecule has 0 radical (unpaired) electrons. The van der Waals surface area contributed by atoms with Crippen molar-refractivity contribution < 1.29 is 14.5 Å². The quantitative estimate of drug-likeness (QED) is 0.473. The Kier molecular flexibility index (Phi) is 4.21. The molecule has 2 aromatic rings. The molecular weight excluding hydrogens is 274 g/mol. The summed E-state index contributed by atoms with van der Waals surface area (Å²) in [5.74, 6) is 0.0262. The van der Waals surface area contributed by atoms with E-state index in [9.17, 15) is 14.9 Å². The van der Waals surface area contributed by atoms with Crippen LogP contribution in [0, 0.1) is 21.4 Å².